The molecule has 21 heteroatoms. The second-order valence-electron chi connectivity index (χ2n) is 9.68. The maximum absolute atomic E-state index is 12.2. The van der Waals surface area contributed by atoms with Crippen LogP contribution < -0.4 is 22.6 Å². The van der Waals surface area contributed by atoms with E-state index in [1.807, 2.05) is 0 Å². The minimum atomic E-state index is -5.17. The molecule has 20 nitrogen and oxygen atoms in total. The smallest absolute Gasteiger partial charge is 0.394 e. The molecule has 4 aromatic heterocycles. The lowest BCUT2D eigenvalue weighted by Crippen LogP contribution is -2.44. The highest BCUT2D eigenvalue weighted by Crippen LogP contribution is 2.48. The lowest BCUT2D eigenvalue weighted by atomic mass is 9.89. The Morgan fingerprint density at radius 3 is 2.05 bits per heavy atom. The van der Waals surface area contributed by atoms with E-state index in [1.54, 1.807) is 0 Å². The Labute approximate surface area is 227 Å². The molecule has 4 aromatic rings. The number of nitrogens with two attached hydrogens (primary N) is 2. The van der Waals surface area contributed by atoms with Gasteiger partial charge in [-0.25, -0.2) is 14.5 Å². The van der Waals surface area contributed by atoms with E-state index >= 15 is 0 Å². The van der Waals surface area contributed by atoms with Gasteiger partial charge in [-0.3, -0.25) is 33.2 Å². The molecule has 2 aliphatic heterocycles. The van der Waals surface area contributed by atoms with Gasteiger partial charge in [0.05, 0.1) is 31.5 Å². The van der Waals surface area contributed by atoms with Crippen molar-refractivity contribution in [2.75, 3.05) is 18.1 Å². The van der Waals surface area contributed by atoms with E-state index in [0.29, 0.717) is 0 Å². The summed E-state index contributed by atoms with van der Waals surface area (Å²) in [6, 6.07) is 0. The molecule has 6 heterocycles. The molecule has 1 unspecified atom stereocenters. The van der Waals surface area contributed by atoms with Gasteiger partial charge in [0.15, 0.2) is 22.3 Å². The Balaban J connectivity index is 1.33. The van der Waals surface area contributed by atoms with Gasteiger partial charge in [0, 0.05) is 18.8 Å². The summed E-state index contributed by atoms with van der Waals surface area (Å²) in [5.41, 5.74) is 10.3. The molecule has 0 radical (unpaired) electrons. The standard InChI is InChI=1S/C20H25N10O10P/c21-19-25-15-11(17(33)27-19)23-4-29(15)9-1-6(8(3-31)38-9)13(40-41(35,36)37)14-7(32)2-10(39-14)30-5-24-12-16(30)26-20(22)28-18(12)34/h4-10,13-14,31-32H,1-3H2,(H2,35,36,37)(H3,21,25,27,33)(H3,22,26,28,34)/t6-,7-,8-,9+,10+,13?,14+/m0/s1. The van der Waals surface area contributed by atoms with Crippen LogP contribution in [0.15, 0.2) is 22.2 Å². The first kappa shape index (κ1) is 27.4. The summed E-state index contributed by atoms with van der Waals surface area (Å²) in [5, 5.41) is 21.1. The maximum Gasteiger partial charge on any atom is 0.469 e. The number of aromatic amines is 2. The number of nitrogens with zero attached hydrogens (tertiary/aromatic N) is 6. The SMILES string of the molecule is Nc1nc2c(ncn2[C@H]2C[C@H](C(OP(=O)(O)O)[C@@H]3O[C@@H](n4cnc5c(=O)[nH]c(N)nc54)C[C@@H]3O)[C@H](CO)O2)c(=O)[nH]1. The summed E-state index contributed by atoms with van der Waals surface area (Å²) in [4.78, 5) is 64.8. The van der Waals surface area contributed by atoms with Crippen LogP contribution in [0.25, 0.3) is 22.3 Å². The minimum absolute atomic E-state index is 0.0194. The Hall–Kier alpha value is -3.75. The van der Waals surface area contributed by atoms with Crippen molar-refractivity contribution in [3.8, 4) is 0 Å². The second-order valence-corrected chi connectivity index (χ2v) is 10.9. The Kier molecular flexibility index (Phi) is 6.66. The molecule has 7 atom stereocenters. The zero-order valence-electron chi connectivity index (χ0n) is 20.8. The van der Waals surface area contributed by atoms with Crippen molar-refractivity contribution in [2.45, 2.75) is 49.7 Å². The number of aliphatic hydroxyl groups is 2. The fourth-order valence-corrected chi connectivity index (χ4v) is 6.03. The summed E-state index contributed by atoms with van der Waals surface area (Å²) < 4.78 is 32.0. The van der Waals surface area contributed by atoms with E-state index in [9.17, 15) is 34.2 Å². The topological polar surface area (TPSA) is 305 Å². The van der Waals surface area contributed by atoms with Gasteiger partial charge < -0.3 is 40.9 Å². The minimum Gasteiger partial charge on any atom is -0.394 e. The lowest BCUT2D eigenvalue weighted by Gasteiger charge is -2.32. The average molecular weight is 596 g/mol. The molecule has 41 heavy (non-hydrogen) atoms. The van der Waals surface area contributed by atoms with Crippen LogP contribution in [0.5, 0.6) is 0 Å². The molecule has 0 aliphatic carbocycles. The first-order valence-electron chi connectivity index (χ1n) is 12.2. The summed E-state index contributed by atoms with van der Waals surface area (Å²) in [6.07, 6.45) is -4.64. The first-order valence-corrected chi connectivity index (χ1v) is 13.7. The number of aliphatic hydroxyl groups excluding tert-OH is 2. The third kappa shape index (κ3) is 4.89. The number of phosphoric acid groups is 1. The fraction of sp³-hybridized carbons (Fsp3) is 0.500. The molecule has 2 aliphatic rings. The summed E-state index contributed by atoms with van der Waals surface area (Å²) >= 11 is 0. The van der Waals surface area contributed by atoms with Crippen LogP contribution in [-0.2, 0) is 18.6 Å². The third-order valence-corrected chi connectivity index (χ3v) is 7.64. The van der Waals surface area contributed by atoms with Gasteiger partial charge in [0.2, 0.25) is 11.9 Å². The number of imidazole rings is 2. The highest BCUT2D eigenvalue weighted by atomic mass is 31.2. The fourth-order valence-electron chi connectivity index (χ4n) is 5.44. The molecular weight excluding hydrogens is 571 g/mol. The summed E-state index contributed by atoms with van der Waals surface area (Å²) in [5.74, 6) is -1.28. The van der Waals surface area contributed by atoms with Crippen molar-refractivity contribution in [3.05, 3.63) is 33.4 Å². The highest BCUT2D eigenvalue weighted by molar-refractivity contribution is 7.46. The molecule has 0 saturated carbocycles. The molecule has 0 spiro atoms. The van der Waals surface area contributed by atoms with Crippen molar-refractivity contribution >= 4 is 42.0 Å². The predicted molar refractivity (Wildman–Crippen MR) is 136 cm³/mol. The quantitative estimate of drug-likeness (QED) is 0.102. The van der Waals surface area contributed by atoms with Crippen LogP contribution >= 0.6 is 7.82 Å². The number of aromatic nitrogens is 8. The van der Waals surface area contributed by atoms with Crippen molar-refractivity contribution in [1.82, 2.24) is 39.0 Å². The number of ether oxygens (including phenoxy) is 2. The number of H-pyrrole nitrogens is 2. The van der Waals surface area contributed by atoms with Gasteiger partial charge in [0.1, 0.15) is 24.7 Å². The van der Waals surface area contributed by atoms with Crippen LogP contribution in [0, 0.1) is 5.92 Å². The molecule has 0 bridgehead atoms. The van der Waals surface area contributed by atoms with Crippen molar-refractivity contribution in [2.24, 2.45) is 5.92 Å². The summed E-state index contributed by atoms with van der Waals surface area (Å²) in [6.45, 7) is -0.588. The molecule has 2 fully saturated rings. The molecule has 0 amide bonds. The van der Waals surface area contributed by atoms with E-state index in [-0.39, 0.29) is 47.1 Å². The molecule has 10 N–H and O–H groups in total. The van der Waals surface area contributed by atoms with Crippen LogP contribution in [0.3, 0.4) is 0 Å². The van der Waals surface area contributed by atoms with Crippen LogP contribution in [0.1, 0.15) is 25.3 Å². The number of nitrogens with one attached hydrogen (secondary N) is 2. The first-order chi connectivity index (χ1) is 19.4. The van der Waals surface area contributed by atoms with E-state index in [1.165, 1.54) is 21.8 Å². The molecule has 6 rings (SSSR count). The van der Waals surface area contributed by atoms with Crippen molar-refractivity contribution in [3.63, 3.8) is 0 Å². The largest absolute Gasteiger partial charge is 0.469 e. The molecular formula is C20H25N10O10P. The Bertz CT molecular complexity index is 1780. The number of phosphoric ester groups is 1. The molecule has 0 aromatic carbocycles. The number of anilines is 2. The third-order valence-electron chi connectivity index (χ3n) is 7.13. The van der Waals surface area contributed by atoms with E-state index in [4.69, 9.17) is 25.5 Å². The van der Waals surface area contributed by atoms with Gasteiger partial charge >= 0.3 is 7.82 Å². The van der Waals surface area contributed by atoms with Crippen molar-refractivity contribution in [1.29, 1.82) is 0 Å². The van der Waals surface area contributed by atoms with E-state index in [0.717, 1.165) is 0 Å². The number of rotatable bonds is 7. The van der Waals surface area contributed by atoms with Gasteiger partial charge in [-0.05, 0) is 0 Å². The van der Waals surface area contributed by atoms with E-state index < -0.39 is 68.3 Å². The summed E-state index contributed by atoms with van der Waals surface area (Å²) in [7, 11) is -5.17. The van der Waals surface area contributed by atoms with E-state index in [2.05, 4.69) is 29.9 Å². The zero-order valence-corrected chi connectivity index (χ0v) is 21.7. The Morgan fingerprint density at radius 1 is 1.00 bits per heavy atom. The lowest BCUT2D eigenvalue weighted by molar-refractivity contribution is -0.111. The average Bonchev–Trinajstić information content (AvgIpc) is 3.66. The second kappa shape index (κ2) is 9.96. The number of fused-ring (bicyclic) bond motifs is 2. The number of hydrogen-bond donors (Lipinski definition) is 8. The van der Waals surface area contributed by atoms with Crippen LogP contribution in [0.2, 0.25) is 0 Å². The van der Waals surface area contributed by atoms with Crippen LogP contribution in [-0.4, -0.2) is 90.1 Å². The van der Waals surface area contributed by atoms with Gasteiger partial charge in [-0.1, -0.05) is 0 Å². The molecule has 2 saturated heterocycles. The Morgan fingerprint density at radius 2 is 1.54 bits per heavy atom. The zero-order chi connectivity index (χ0) is 29.2. The van der Waals surface area contributed by atoms with Crippen LogP contribution in [0.4, 0.5) is 11.9 Å². The predicted octanol–water partition coefficient (Wildman–Crippen LogP) is -2.56. The van der Waals surface area contributed by atoms with Gasteiger partial charge in [0.25, 0.3) is 11.1 Å². The number of hydrogen-bond acceptors (Lipinski definition) is 14. The molecule has 220 valence electrons. The van der Waals surface area contributed by atoms with Crippen molar-refractivity contribution < 1.29 is 38.6 Å². The van der Waals surface area contributed by atoms with Gasteiger partial charge in [-0.2, -0.15) is 9.97 Å². The number of nitrogen functional groups attached to an aromatic ring is 2. The normalized spacial score (nSPS) is 27.7. The maximum atomic E-state index is 12.2. The van der Waals surface area contributed by atoms with Gasteiger partial charge in [-0.15, -0.1) is 0 Å². The highest BCUT2D eigenvalue weighted by Gasteiger charge is 2.51. The monoisotopic (exact) mass is 596 g/mol.